The third-order valence-electron chi connectivity index (χ3n) is 2.66. The Bertz CT molecular complexity index is 142. The van der Waals surface area contributed by atoms with Crippen molar-refractivity contribution in [2.24, 2.45) is 5.41 Å². The van der Waals surface area contributed by atoms with E-state index < -0.39 is 0 Å². The van der Waals surface area contributed by atoms with Crippen LogP contribution in [0, 0.1) is 5.41 Å². The molecule has 0 heteroatoms. The summed E-state index contributed by atoms with van der Waals surface area (Å²) in [6.45, 7) is 13.1. The first-order valence-electron chi connectivity index (χ1n) is 5.62. The molecule has 0 aliphatic rings. The Kier molecular flexibility index (Phi) is 6.11. The molecule has 13 heavy (non-hydrogen) atoms. The van der Waals surface area contributed by atoms with Crippen LogP contribution in [-0.2, 0) is 0 Å². The number of allylic oxidation sites excluding steroid dienone is 1. The molecular formula is C13H26. The van der Waals surface area contributed by atoms with E-state index in [1.54, 1.807) is 0 Å². The van der Waals surface area contributed by atoms with E-state index in [2.05, 4.69) is 34.3 Å². The fourth-order valence-electron chi connectivity index (χ4n) is 1.65. The summed E-state index contributed by atoms with van der Waals surface area (Å²) in [6, 6.07) is 0. The van der Waals surface area contributed by atoms with Gasteiger partial charge >= 0.3 is 0 Å². The lowest BCUT2D eigenvalue weighted by Gasteiger charge is -2.24. The SMILES string of the molecule is C=C(C)CCCC(C)(C)CCCC. The molecule has 0 aliphatic heterocycles. The second-order valence-electron chi connectivity index (χ2n) is 5.08. The van der Waals surface area contributed by atoms with Crippen molar-refractivity contribution < 1.29 is 0 Å². The van der Waals surface area contributed by atoms with Gasteiger partial charge in [0.2, 0.25) is 0 Å². The van der Waals surface area contributed by atoms with Gasteiger partial charge in [-0.2, -0.15) is 0 Å². The molecule has 0 spiro atoms. The monoisotopic (exact) mass is 182 g/mol. The molecule has 0 fully saturated rings. The molecule has 0 N–H and O–H groups in total. The van der Waals surface area contributed by atoms with Crippen LogP contribution in [0.4, 0.5) is 0 Å². The van der Waals surface area contributed by atoms with E-state index in [1.807, 2.05) is 0 Å². The first kappa shape index (κ1) is 12.7. The number of hydrogen-bond acceptors (Lipinski definition) is 0. The summed E-state index contributed by atoms with van der Waals surface area (Å²) in [5, 5.41) is 0. The number of rotatable bonds is 7. The van der Waals surface area contributed by atoms with Crippen molar-refractivity contribution in [2.75, 3.05) is 0 Å². The zero-order chi connectivity index (χ0) is 10.3. The van der Waals surface area contributed by atoms with Gasteiger partial charge in [-0.15, -0.1) is 6.58 Å². The van der Waals surface area contributed by atoms with E-state index >= 15 is 0 Å². The largest absolute Gasteiger partial charge is 0.100 e. The predicted octanol–water partition coefficient (Wildman–Crippen LogP) is 4.95. The maximum atomic E-state index is 3.94. The molecule has 78 valence electrons. The quantitative estimate of drug-likeness (QED) is 0.489. The van der Waals surface area contributed by atoms with Gasteiger partial charge in [-0.25, -0.2) is 0 Å². The molecule has 0 bridgehead atoms. The third-order valence-corrected chi connectivity index (χ3v) is 2.66. The predicted molar refractivity (Wildman–Crippen MR) is 62.0 cm³/mol. The molecule has 0 amide bonds. The average Bonchev–Trinajstić information content (AvgIpc) is 2.00. The van der Waals surface area contributed by atoms with Gasteiger partial charge in [0.1, 0.15) is 0 Å². The molecule has 0 radical (unpaired) electrons. The highest BCUT2D eigenvalue weighted by molar-refractivity contribution is 4.87. The van der Waals surface area contributed by atoms with Crippen molar-refractivity contribution in [1.82, 2.24) is 0 Å². The lowest BCUT2D eigenvalue weighted by Crippen LogP contribution is -2.10. The highest BCUT2D eigenvalue weighted by atomic mass is 14.2. The molecule has 0 saturated heterocycles. The van der Waals surface area contributed by atoms with Crippen LogP contribution in [0.3, 0.4) is 0 Å². The van der Waals surface area contributed by atoms with Crippen molar-refractivity contribution in [2.45, 2.75) is 66.2 Å². The second-order valence-corrected chi connectivity index (χ2v) is 5.08. The molecule has 0 rings (SSSR count). The Morgan fingerprint density at radius 2 is 1.69 bits per heavy atom. The molecule has 0 aliphatic carbocycles. The lowest BCUT2D eigenvalue weighted by atomic mass is 9.82. The van der Waals surface area contributed by atoms with Gasteiger partial charge in [0.25, 0.3) is 0 Å². The van der Waals surface area contributed by atoms with Crippen LogP contribution in [-0.4, -0.2) is 0 Å². The van der Waals surface area contributed by atoms with Gasteiger partial charge in [0, 0.05) is 0 Å². The minimum atomic E-state index is 0.547. The Hall–Kier alpha value is -0.260. The van der Waals surface area contributed by atoms with Gasteiger partial charge in [0.15, 0.2) is 0 Å². The first-order chi connectivity index (χ1) is 5.98. The van der Waals surface area contributed by atoms with Crippen LogP contribution < -0.4 is 0 Å². The fourth-order valence-corrected chi connectivity index (χ4v) is 1.65. The summed E-state index contributed by atoms with van der Waals surface area (Å²) in [5.41, 5.74) is 1.87. The lowest BCUT2D eigenvalue weighted by molar-refractivity contribution is 0.290. The van der Waals surface area contributed by atoms with Crippen molar-refractivity contribution in [1.29, 1.82) is 0 Å². The topological polar surface area (TPSA) is 0 Å². The normalized spacial score (nSPS) is 11.7. The van der Waals surface area contributed by atoms with Crippen molar-refractivity contribution in [3.8, 4) is 0 Å². The van der Waals surface area contributed by atoms with Gasteiger partial charge in [-0.3, -0.25) is 0 Å². The van der Waals surface area contributed by atoms with E-state index in [4.69, 9.17) is 0 Å². The first-order valence-corrected chi connectivity index (χ1v) is 5.62. The summed E-state index contributed by atoms with van der Waals surface area (Å²) in [5.74, 6) is 0. The molecule has 0 nitrogen and oxygen atoms in total. The minimum absolute atomic E-state index is 0.547. The van der Waals surface area contributed by atoms with Crippen LogP contribution in [0.25, 0.3) is 0 Å². The second kappa shape index (κ2) is 6.23. The summed E-state index contributed by atoms with van der Waals surface area (Å²) in [6.07, 6.45) is 7.94. The zero-order valence-electron chi connectivity index (χ0n) is 9.95. The van der Waals surface area contributed by atoms with E-state index in [1.165, 1.54) is 44.1 Å². The molecule has 0 aromatic heterocycles. The Labute approximate surface area is 84.4 Å². The van der Waals surface area contributed by atoms with Gasteiger partial charge in [-0.1, -0.05) is 39.2 Å². The van der Waals surface area contributed by atoms with E-state index in [0.717, 1.165) is 0 Å². The maximum absolute atomic E-state index is 3.94. The zero-order valence-corrected chi connectivity index (χ0v) is 9.95. The molecule has 0 unspecified atom stereocenters. The molecular weight excluding hydrogens is 156 g/mol. The molecule has 0 saturated carbocycles. The Balaban J connectivity index is 3.56. The Morgan fingerprint density at radius 1 is 1.15 bits per heavy atom. The van der Waals surface area contributed by atoms with Crippen LogP contribution in [0.5, 0.6) is 0 Å². The number of hydrogen-bond donors (Lipinski definition) is 0. The minimum Gasteiger partial charge on any atom is -0.100 e. The Morgan fingerprint density at radius 3 is 2.15 bits per heavy atom. The van der Waals surface area contributed by atoms with Crippen LogP contribution in [0.1, 0.15) is 66.2 Å². The number of unbranched alkanes of at least 4 members (excludes halogenated alkanes) is 1. The highest BCUT2D eigenvalue weighted by Gasteiger charge is 2.15. The van der Waals surface area contributed by atoms with Crippen molar-refractivity contribution in [3.63, 3.8) is 0 Å². The van der Waals surface area contributed by atoms with Crippen molar-refractivity contribution in [3.05, 3.63) is 12.2 Å². The molecule has 0 heterocycles. The summed E-state index contributed by atoms with van der Waals surface area (Å²) < 4.78 is 0. The van der Waals surface area contributed by atoms with Gasteiger partial charge in [0.05, 0.1) is 0 Å². The van der Waals surface area contributed by atoms with E-state index in [-0.39, 0.29) is 0 Å². The summed E-state index contributed by atoms with van der Waals surface area (Å²) in [7, 11) is 0. The summed E-state index contributed by atoms with van der Waals surface area (Å²) in [4.78, 5) is 0. The van der Waals surface area contributed by atoms with Crippen LogP contribution in [0.15, 0.2) is 12.2 Å². The third kappa shape index (κ3) is 8.08. The van der Waals surface area contributed by atoms with Crippen molar-refractivity contribution >= 4 is 0 Å². The van der Waals surface area contributed by atoms with Crippen LogP contribution in [0.2, 0.25) is 0 Å². The average molecular weight is 182 g/mol. The molecule has 0 aromatic rings. The van der Waals surface area contributed by atoms with Gasteiger partial charge in [-0.05, 0) is 38.0 Å². The van der Waals surface area contributed by atoms with Gasteiger partial charge < -0.3 is 0 Å². The summed E-state index contributed by atoms with van der Waals surface area (Å²) >= 11 is 0. The smallest absolute Gasteiger partial charge is 0.0326 e. The molecule has 0 atom stereocenters. The maximum Gasteiger partial charge on any atom is -0.0326 e. The van der Waals surface area contributed by atoms with E-state index in [9.17, 15) is 0 Å². The highest BCUT2D eigenvalue weighted by Crippen LogP contribution is 2.29. The fraction of sp³-hybridized carbons (Fsp3) is 0.846. The van der Waals surface area contributed by atoms with E-state index in [0.29, 0.717) is 5.41 Å². The standard InChI is InChI=1S/C13H26/c1-6-7-10-13(4,5)11-8-9-12(2)3/h2,6-11H2,1,3-5H3. The molecule has 0 aromatic carbocycles. The van der Waals surface area contributed by atoms with Crippen LogP contribution >= 0.6 is 0 Å².